The lowest BCUT2D eigenvalue weighted by molar-refractivity contribution is -0.147. The zero-order chi connectivity index (χ0) is 13.4. The smallest absolute Gasteiger partial charge is 0.329 e. The van der Waals surface area contributed by atoms with E-state index in [0.717, 1.165) is 4.90 Å². The second-order valence-corrected chi connectivity index (χ2v) is 4.44. The van der Waals surface area contributed by atoms with Gasteiger partial charge in [-0.15, -0.1) is 0 Å². The molecule has 94 valence electrons. The summed E-state index contributed by atoms with van der Waals surface area (Å²) in [6, 6.07) is 0. The molecule has 0 aliphatic rings. The van der Waals surface area contributed by atoms with Crippen molar-refractivity contribution < 1.29 is 19.2 Å². The summed E-state index contributed by atoms with van der Waals surface area (Å²) in [6.07, 6.45) is 0. The third-order valence-electron chi connectivity index (χ3n) is 3.03. The number of amides is 1. The van der Waals surface area contributed by atoms with Crippen molar-refractivity contribution in [1.29, 1.82) is 0 Å². The van der Waals surface area contributed by atoms with E-state index in [2.05, 4.69) is 5.16 Å². The quantitative estimate of drug-likeness (QED) is 0.858. The summed E-state index contributed by atoms with van der Waals surface area (Å²) in [4.78, 5) is 24.3. The van der Waals surface area contributed by atoms with Gasteiger partial charge in [-0.1, -0.05) is 5.16 Å². The van der Waals surface area contributed by atoms with E-state index in [9.17, 15) is 9.59 Å². The number of aryl methyl sites for hydroxylation is 1. The Bertz CT molecular complexity index is 462. The molecule has 0 aromatic carbocycles. The van der Waals surface area contributed by atoms with Crippen molar-refractivity contribution in [2.45, 2.75) is 33.2 Å². The lowest BCUT2D eigenvalue weighted by Gasteiger charge is -2.30. The van der Waals surface area contributed by atoms with E-state index < -0.39 is 17.4 Å². The van der Waals surface area contributed by atoms with E-state index in [1.807, 2.05) is 0 Å². The maximum atomic E-state index is 12.1. The van der Waals surface area contributed by atoms with E-state index in [1.54, 1.807) is 13.8 Å². The van der Waals surface area contributed by atoms with Crippen LogP contribution >= 0.6 is 0 Å². The molecule has 0 unspecified atom stereocenters. The third-order valence-corrected chi connectivity index (χ3v) is 3.03. The van der Waals surface area contributed by atoms with Gasteiger partial charge in [-0.2, -0.15) is 0 Å². The number of nitrogens with zero attached hydrogens (tertiary/aromatic N) is 2. The molecule has 0 aliphatic carbocycles. The summed E-state index contributed by atoms with van der Waals surface area (Å²) in [7, 11) is 1.43. The molecule has 6 nitrogen and oxygen atoms in total. The first kappa shape index (κ1) is 13.2. The highest BCUT2D eigenvalue weighted by Gasteiger charge is 2.37. The molecule has 0 radical (unpaired) electrons. The number of hydrogen-bond acceptors (Lipinski definition) is 4. The number of likely N-dealkylation sites (N-methyl/N-ethyl adjacent to an activating group) is 1. The fourth-order valence-electron chi connectivity index (χ4n) is 1.17. The molecule has 0 spiro atoms. The molecule has 0 saturated heterocycles. The molecule has 1 amide bonds. The Morgan fingerprint density at radius 3 is 2.24 bits per heavy atom. The number of carboxylic acid groups (broad SMARTS) is 1. The standard InChI is InChI=1S/C11H16N2O4/c1-6-7(2)17-12-8(6)9(14)13(5)11(3,4)10(15)16/h1-5H3,(H,15,16). The molecular weight excluding hydrogens is 224 g/mol. The summed E-state index contributed by atoms with van der Waals surface area (Å²) in [5.41, 5.74) is -0.515. The number of rotatable bonds is 3. The van der Waals surface area contributed by atoms with Gasteiger partial charge in [-0.3, -0.25) is 4.79 Å². The van der Waals surface area contributed by atoms with Gasteiger partial charge in [0, 0.05) is 12.6 Å². The number of aromatic nitrogens is 1. The van der Waals surface area contributed by atoms with Crippen LogP contribution in [0.2, 0.25) is 0 Å². The Kier molecular flexibility index (Phi) is 3.26. The maximum absolute atomic E-state index is 12.1. The van der Waals surface area contributed by atoms with Crippen molar-refractivity contribution >= 4 is 11.9 Å². The number of aliphatic carboxylic acids is 1. The Hall–Kier alpha value is -1.85. The van der Waals surface area contributed by atoms with Crippen LogP contribution in [0.25, 0.3) is 0 Å². The molecule has 0 fully saturated rings. The molecule has 0 atom stereocenters. The Morgan fingerprint density at radius 2 is 1.88 bits per heavy atom. The minimum atomic E-state index is -1.30. The van der Waals surface area contributed by atoms with Crippen LogP contribution in [0.4, 0.5) is 0 Å². The van der Waals surface area contributed by atoms with Gasteiger partial charge in [0.05, 0.1) is 0 Å². The molecule has 6 heteroatoms. The van der Waals surface area contributed by atoms with Gasteiger partial charge in [0.15, 0.2) is 5.69 Å². The fraction of sp³-hybridized carbons (Fsp3) is 0.545. The molecule has 0 aliphatic heterocycles. The van der Waals surface area contributed by atoms with Gasteiger partial charge in [-0.05, 0) is 27.7 Å². The minimum Gasteiger partial charge on any atom is -0.480 e. The first-order valence-electron chi connectivity index (χ1n) is 5.14. The molecular formula is C11H16N2O4. The Morgan fingerprint density at radius 1 is 1.35 bits per heavy atom. The topological polar surface area (TPSA) is 83.6 Å². The summed E-state index contributed by atoms with van der Waals surface area (Å²) >= 11 is 0. The van der Waals surface area contributed by atoms with E-state index in [-0.39, 0.29) is 5.69 Å². The maximum Gasteiger partial charge on any atom is 0.329 e. The van der Waals surface area contributed by atoms with Crippen molar-refractivity contribution in [1.82, 2.24) is 10.1 Å². The second kappa shape index (κ2) is 4.20. The molecule has 1 aromatic heterocycles. The summed E-state index contributed by atoms with van der Waals surface area (Å²) < 4.78 is 4.89. The highest BCUT2D eigenvalue weighted by molar-refractivity contribution is 5.97. The molecule has 17 heavy (non-hydrogen) atoms. The predicted octanol–water partition coefficient (Wildman–Crippen LogP) is 1.23. The van der Waals surface area contributed by atoms with E-state index in [1.165, 1.54) is 20.9 Å². The van der Waals surface area contributed by atoms with Crippen LogP contribution in [0.5, 0.6) is 0 Å². The first-order chi connectivity index (χ1) is 7.69. The van der Waals surface area contributed by atoms with Gasteiger partial charge < -0.3 is 14.5 Å². The van der Waals surface area contributed by atoms with Gasteiger partial charge in [0.1, 0.15) is 11.3 Å². The fourth-order valence-corrected chi connectivity index (χ4v) is 1.17. The lowest BCUT2D eigenvalue weighted by Crippen LogP contribution is -2.51. The molecule has 1 aromatic rings. The summed E-state index contributed by atoms with van der Waals surface area (Å²) in [5.74, 6) is -0.993. The Labute approximate surface area is 99.2 Å². The minimum absolute atomic E-state index is 0.152. The molecule has 1 rings (SSSR count). The van der Waals surface area contributed by atoms with E-state index >= 15 is 0 Å². The Balaban J connectivity index is 3.07. The molecule has 0 bridgehead atoms. The zero-order valence-corrected chi connectivity index (χ0v) is 10.6. The van der Waals surface area contributed by atoms with Gasteiger partial charge >= 0.3 is 5.97 Å². The van der Waals surface area contributed by atoms with Crippen molar-refractivity contribution in [2.24, 2.45) is 0 Å². The molecule has 1 N–H and O–H groups in total. The monoisotopic (exact) mass is 240 g/mol. The normalized spacial score (nSPS) is 11.4. The zero-order valence-electron chi connectivity index (χ0n) is 10.6. The summed E-state index contributed by atoms with van der Waals surface area (Å²) in [6.45, 7) is 6.31. The van der Waals surface area contributed by atoms with Crippen LogP contribution in [0, 0.1) is 13.8 Å². The average molecular weight is 240 g/mol. The highest BCUT2D eigenvalue weighted by atomic mass is 16.5. The number of carbonyl (C=O) groups is 2. The van der Waals surface area contributed by atoms with E-state index in [0.29, 0.717) is 11.3 Å². The number of carboxylic acids is 1. The van der Waals surface area contributed by atoms with Crippen LogP contribution < -0.4 is 0 Å². The van der Waals surface area contributed by atoms with Crippen molar-refractivity contribution in [3.8, 4) is 0 Å². The van der Waals surface area contributed by atoms with Gasteiger partial charge in [0.2, 0.25) is 0 Å². The first-order valence-corrected chi connectivity index (χ1v) is 5.14. The summed E-state index contributed by atoms with van der Waals surface area (Å²) in [5, 5.41) is 12.7. The SMILES string of the molecule is Cc1onc(C(=O)N(C)C(C)(C)C(=O)O)c1C. The van der Waals surface area contributed by atoms with Crippen molar-refractivity contribution in [3.05, 3.63) is 17.0 Å². The van der Waals surface area contributed by atoms with Crippen molar-refractivity contribution in [2.75, 3.05) is 7.05 Å². The van der Waals surface area contributed by atoms with Crippen LogP contribution in [0.1, 0.15) is 35.7 Å². The van der Waals surface area contributed by atoms with E-state index in [4.69, 9.17) is 9.63 Å². The van der Waals surface area contributed by atoms with Crippen LogP contribution in [0.3, 0.4) is 0 Å². The molecule has 0 saturated carbocycles. The van der Waals surface area contributed by atoms with Crippen LogP contribution in [-0.2, 0) is 4.79 Å². The highest BCUT2D eigenvalue weighted by Crippen LogP contribution is 2.19. The van der Waals surface area contributed by atoms with Crippen molar-refractivity contribution in [3.63, 3.8) is 0 Å². The largest absolute Gasteiger partial charge is 0.480 e. The van der Waals surface area contributed by atoms with Gasteiger partial charge in [-0.25, -0.2) is 4.79 Å². The van der Waals surface area contributed by atoms with Gasteiger partial charge in [0.25, 0.3) is 5.91 Å². The lowest BCUT2D eigenvalue weighted by atomic mass is 10.0. The van der Waals surface area contributed by atoms with Crippen LogP contribution in [-0.4, -0.2) is 39.6 Å². The molecule has 1 heterocycles. The second-order valence-electron chi connectivity index (χ2n) is 4.44. The number of carbonyl (C=O) groups excluding carboxylic acids is 1. The van der Waals surface area contributed by atoms with Crippen LogP contribution in [0.15, 0.2) is 4.52 Å². The average Bonchev–Trinajstić information content (AvgIpc) is 2.57. The predicted molar refractivity (Wildman–Crippen MR) is 59.8 cm³/mol. The third kappa shape index (κ3) is 2.15. The number of hydrogen-bond donors (Lipinski definition) is 1.